The summed E-state index contributed by atoms with van der Waals surface area (Å²) in [7, 11) is 0. The van der Waals surface area contributed by atoms with E-state index in [4.69, 9.17) is 11.6 Å². The fourth-order valence-corrected chi connectivity index (χ4v) is 1.52. The van der Waals surface area contributed by atoms with Gasteiger partial charge in [-0.05, 0) is 31.7 Å². The minimum atomic E-state index is 0.123. The number of rotatable bonds is 5. The van der Waals surface area contributed by atoms with Gasteiger partial charge >= 0.3 is 0 Å². The molecule has 14 heavy (non-hydrogen) atoms. The summed E-state index contributed by atoms with van der Waals surface area (Å²) in [4.78, 5) is 11.0. The van der Waals surface area contributed by atoms with Gasteiger partial charge in [-0.15, -0.1) is 11.6 Å². The summed E-state index contributed by atoms with van der Waals surface area (Å²) < 4.78 is 0. The van der Waals surface area contributed by atoms with Crippen LogP contribution in [0.2, 0.25) is 0 Å². The largest absolute Gasteiger partial charge is 0.295 e. The molecular formula is C12H15ClO. The van der Waals surface area contributed by atoms with Gasteiger partial charge in [-0.25, -0.2) is 0 Å². The Labute approximate surface area is 90.1 Å². The molecule has 1 aromatic rings. The quantitative estimate of drug-likeness (QED) is 0.413. The van der Waals surface area contributed by atoms with Gasteiger partial charge in [0.1, 0.15) is 0 Å². The van der Waals surface area contributed by atoms with Crippen molar-refractivity contribution in [3.05, 3.63) is 35.4 Å². The molecule has 0 radical (unpaired) electrons. The Bertz CT molecular complexity index is 290. The monoisotopic (exact) mass is 210 g/mol. The molecular weight excluding hydrogens is 196 g/mol. The molecule has 0 fully saturated rings. The van der Waals surface area contributed by atoms with Gasteiger partial charge in [-0.3, -0.25) is 4.79 Å². The second-order valence-corrected chi connectivity index (χ2v) is 3.78. The summed E-state index contributed by atoms with van der Waals surface area (Å²) in [5, 5.41) is 0. The number of halogens is 1. The van der Waals surface area contributed by atoms with E-state index in [-0.39, 0.29) is 5.78 Å². The van der Waals surface area contributed by atoms with Crippen LogP contribution in [-0.4, -0.2) is 11.7 Å². The molecule has 0 N–H and O–H groups in total. The molecule has 0 heterocycles. The van der Waals surface area contributed by atoms with E-state index >= 15 is 0 Å². The van der Waals surface area contributed by atoms with Crippen LogP contribution >= 0.6 is 11.6 Å². The van der Waals surface area contributed by atoms with Gasteiger partial charge < -0.3 is 0 Å². The highest BCUT2D eigenvalue weighted by molar-refractivity contribution is 6.17. The van der Waals surface area contributed by atoms with Crippen molar-refractivity contribution in [3.8, 4) is 0 Å². The molecule has 0 aliphatic heterocycles. The van der Waals surface area contributed by atoms with Gasteiger partial charge in [0.2, 0.25) is 0 Å². The van der Waals surface area contributed by atoms with Crippen LogP contribution in [0, 0.1) is 0 Å². The number of alkyl halides is 1. The van der Waals surface area contributed by atoms with Crippen LogP contribution in [0.4, 0.5) is 0 Å². The van der Waals surface area contributed by atoms with Crippen LogP contribution in [-0.2, 0) is 6.42 Å². The van der Waals surface area contributed by atoms with Gasteiger partial charge in [0.05, 0.1) is 0 Å². The Balaban J connectivity index is 2.51. The first kappa shape index (κ1) is 11.3. The van der Waals surface area contributed by atoms with Crippen molar-refractivity contribution >= 4 is 17.4 Å². The number of aryl methyl sites for hydroxylation is 1. The highest BCUT2D eigenvalue weighted by atomic mass is 35.5. The van der Waals surface area contributed by atoms with E-state index in [0.29, 0.717) is 0 Å². The van der Waals surface area contributed by atoms with Crippen molar-refractivity contribution in [2.45, 2.75) is 26.2 Å². The molecule has 2 heteroatoms. The minimum absolute atomic E-state index is 0.123. The first-order valence-corrected chi connectivity index (χ1v) is 5.43. The van der Waals surface area contributed by atoms with Gasteiger partial charge in [-0.2, -0.15) is 0 Å². The number of hydrogen-bond acceptors (Lipinski definition) is 1. The van der Waals surface area contributed by atoms with E-state index in [9.17, 15) is 4.79 Å². The Morgan fingerprint density at radius 2 is 1.86 bits per heavy atom. The molecule has 0 spiro atoms. The number of ketones is 1. The molecule has 0 bridgehead atoms. The molecule has 0 aliphatic rings. The van der Waals surface area contributed by atoms with Crippen molar-refractivity contribution in [2.75, 3.05) is 5.88 Å². The summed E-state index contributed by atoms with van der Waals surface area (Å²) in [6.45, 7) is 1.59. The van der Waals surface area contributed by atoms with Crippen LogP contribution < -0.4 is 0 Å². The molecule has 1 nitrogen and oxygen atoms in total. The standard InChI is InChI=1S/C12H15ClO/c1-10(14)12-7-5-11(6-8-12)4-2-3-9-13/h5-8H,2-4,9H2,1H3. The average molecular weight is 211 g/mol. The predicted octanol–water partition coefficient (Wildman–Crippen LogP) is 3.45. The number of Topliss-reactive ketones (excluding diaryl/α,β-unsaturated/α-hetero) is 1. The third-order valence-electron chi connectivity index (χ3n) is 2.21. The molecule has 0 unspecified atom stereocenters. The molecule has 1 aromatic carbocycles. The van der Waals surface area contributed by atoms with Gasteiger partial charge in [0.15, 0.2) is 5.78 Å². The lowest BCUT2D eigenvalue weighted by atomic mass is 10.1. The molecule has 0 aromatic heterocycles. The maximum Gasteiger partial charge on any atom is 0.159 e. The third-order valence-corrected chi connectivity index (χ3v) is 2.48. The Kier molecular flexibility index (Phi) is 4.68. The second kappa shape index (κ2) is 5.82. The molecule has 0 atom stereocenters. The first-order valence-electron chi connectivity index (χ1n) is 4.90. The molecule has 0 amide bonds. The van der Waals surface area contributed by atoms with Crippen molar-refractivity contribution in [2.24, 2.45) is 0 Å². The van der Waals surface area contributed by atoms with E-state index < -0.39 is 0 Å². The zero-order valence-electron chi connectivity index (χ0n) is 8.42. The smallest absolute Gasteiger partial charge is 0.159 e. The van der Waals surface area contributed by atoms with Crippen LogP contribution in [0.5, 0.6) is 0 Å². The maximum atomic E-state index is 11.0. The summed E-state index contributed by atoms with van der Waals surface area (Å²) in [6.07, 6.45) is 3.21. The number of carbonyl (C=O) groups excluding carboxylic acids is 1. The zero-order valence-corrected chi connectivity index (χ0v) is 9.18. The Hall–Kier alpha value is -0.820. The summed E-state index contributed by atoms with van der Waals surface area (Å²) >= 11 is 5.59. The van der Waals surface area contributed by atoms with Crippen LogP contribution in [0.15, 0.2) is 24.3 Å². The van der Waals surface area contributed by atoms with Gasteiger partial charge in [0, 0.05) is 11.4 Å². The van der Waals surface area contributed by atoms with Crippen molar-refractivity contribution in [1.29, 1.82) is 0 Å². The summed E-state index contributed by atoms with van der Waals surface area (Å²) in [5.41, 5.74) is 2.06. The lowest BCUT2D eigenvalue weighted by Gasteiger charge is -2.01. The van der Waals surface area contributed by atoms with E-state index in [1.54, 1.807) is 6.92 Å². The second-order valence-electron chi connectivity index (χ2n) is 3.40. The predicted molar refractivity (Wildman–Crippen MR) is 60.1 cm³/mol. The van der Waals surface area contributed by atoms with Gasteiger partial charge in [0.25, 0.3) is 0 Å². The first-order chi connectivity index (χ1) is 6.74. The van der Waals surface area contributed by atoms with Crippen LogP contribution in [0.1, 0.15) is 35.7 Å². The molecule has 0 saturated heterocycles. The highest BCUT2D eigenvalue weighted by Crippen LogP contribution is 2.08. The van der Waals surface area contributed by atoms with E-state index in [1.165, 1.54) is 5.56 Å². The van der Waals surface area contributed by atoms with Crippen molar-refractivity contribution < 1.29 is 4.79 Å². The van der Waals surface area contributed by atoms with Crippen LogP contribution in [0.3, 0.4) is 0 Å². The van der Waals surface area contributed by atoms with Crippen molar-refractivity contribution in [1.82, 2.24) is 0 Å². The topological polar surface area (TPSA) is 17.1 Å². The molecule has 1 rings (SSSR count). The lowest BCUT2D eigenvalue weighted by Crippen LogP contribution is -1.92. The van der Waals surface area contributed by atoms with Crippen LogP contribution in [0.25, 0.3) is 0 Å². The molecule has 76 valence electrons. The fraction of sp³-hybridized carbons (Fsp3) is 0.417. The fourth-order valence-electron chi connectivity index (χ4n) is 1.33. The van der Waals surface area contributed by atoms with Crippen molar-refractivity contribution in [3.63, 3.8) is 0 Å². The average Bonchev–Trinajstić information content (AvgIpc) is 2.19. The Morgan fingerprint density at radius 3 is 2.36 bits per heavy atom. The maximum absolute atomic E-state index is 11.0. The SMILES string of the molecule is CC(=O)c1ccc(CCCCCl)cc1. The normalized spacial score (nSPS) is 10.1. The summed E-state index contributed by atoms with van der Waals surface area (Å²) in [6, 6.07) is 7.81. The number of hydrogen-bond donors (Lipinski definition) is 0. The Morgan fingerprint density at radius 1 is 1.21 bits per heavy atom. The summed E-state index contributed by atoms with van der Waals surface area (Å²) in [5.74, 6) is 0.850. The number of benzene rings is 1. The lowest BCUT2D eigenvalue weighted by molar-refractivity contribution is 0.101. The van der Waals surface area contributed by atoms with E-state index in [1.807, 2.05) is 24.3 Å². The van der Waals surface area contributed by atoms with E-state index in [0.717, 1.165) is 30.7 Å². The highest BCUT2D eigenvalue weighted by Gasteiger charge is 1.98. The zero-order chi connectivity index (χ0) is 10.4. The molecule has 0 aliphatic carbocycles. The minimum Gasteiger partial charge on any atom is -0.295 e. The number of unbranched alkanes of at least 4 members (excludes halogenated alkanes) is 1. The molecule has 0 saturated carbocycles. The number of carbonyl (C=O) groups is 1. The van der Waals surface area contributed by atoms with Gasteiger partial charge in [-0.1, -0.05) is 24.3 Å². The van der Waals surface area contributed by atoms with E-state index in [2.05, 4.69) is 0 Å². The third kappa shape index (κ3) is 3.51.